The third kappa shape index (κ3) is 7.00. The first-order valence-corrected chi connectivity index (χ1v) is 7.82. The number of phenols is 1. The molecular weight excluding hydrogens is 294 g/mol. The summed E-state index contributed by atoms with van der Waals surface area (Å²) in [7, 11) is 1.40. The fraction of sp³-hybridized carbons (Fsp3) is 0.444. The van der Waals surface area contributed by atoms with E-state index < -0.39 is 5.91 Å². The van der Waals surface area contributed by atoms with Crippen LogP contribution >= 0.6 is 0 Å². The van der Waals surface area contributed by atoms with Crippen LogP contribution in [-0.4, -0.2) is 24.0 Å². The Hall–Kier alpha value is -2.30. The van der Waals surface area contributed by atoms with Crippen molar-refractivity contribution in [3.8, 4) is 11.5 Å². The summed E-state index contributed by atoms with van der Waals surface area (Å²) in [5.41, 5.74) is 0.271. The topological polar surface area (TPSA) is 75.6 Å². The van der Waals surface area contributed by atoms with Gasteiger partial charge in [0.1, 0.15) is 0 Å². The second-order valence-corrected chi connectivity index (χ2v) is 5.68. The highest BCUT2D eigenvalue weighted by Gasteiger charge is 2.12. The number of rotatable bonds is 8. The lowest BCUT2D eigenvalue weighted by Crippen LogP contribution is -2.30. The van der Waals surface area contributed by atoms with Crippen LogP contribution in [0.2, 0.25) is 0 Å². The highest BCUT2D eigenvalue weighted by molar-refractivity contribution is 6.04. The highest BCUT2D eigenvalue weighted by atomic mass is 16.5. The Balaban J connectivity index is 2.38. The zero-order chi connectivity index (χ0) is 17.2. The van der Waals surface area contributed by atoms with Crippen LogP contribution in [0.5, 0.6) is 11.5 Å². The van der Waals surface area contributed by atoms with E-state index >= 15 is 0 Å². The SMILES string of the molecule is COc1cc(C(=O)NC(=O)CCCC/C=C/C(C)C)ccc1O. The Labute approximate surface area is 137 Å². The van der Waals surface area contributed by atoms with E-state index in [1.165, 1.54) is 25.3 Å². The zero-order valence-corrected chi connectivity index (χ0v) is 14.0. The number of amides is 2. The maximum Gasteiger partial charge on any atom is 0.257 e. The molecule has 1 rings (SSSR count). The van der Waals surface area contributed by atoms with Crippen molar-refractivity contribution >= 4 is 11.8 Å². The molecule has 0 radical (unpaired) electrons. The van der Waals surface area contributed by atoms with Crippen LogP contribution in [-0.2, 0) is 4.79 Å². The molecule has 23 heavy (non-hydrogen) atoms. The van der Waals surface area contributed by atoms with Crippen LogP contribution in [0, 0.1) is 5.92 Å². The molecule has 126 valence electrons. The van der Waals surface area contributed by atoms with Gasteiger partial charge in [0.2, 0.25) is 5.91 Å². The molecule has 0 spiro atoms. The Morgan fingerprint density at radius 2 is 2.04 bits per heavy atom. The molecule has 0 aliphatic heterocycles. The van der Waals surface area contributed by atoms with Crippen LogP contribution in [0.3, 0.4) is 0 Å². The van der Waals surface area contributed by atoms with Gasteiger partial charge < -0.3 is 9.84 Å². The third-order valence-corrected chi connectivity index (χ3v) is 3.24. The molecule has 0 saturated carbocycles. The molecule has 0 bridgehead atoms. The van der Waals surface area contributed by atoms with Crippen molar-refractivity contribution in [3.63, 3.8) is 0 Å². The monoisotopic (exact) mass is 319 g/mol. The molecule has 2 N–H and O–H groups in total. The van der Waals surface area contributed by atoms with E-state index in [0.29, 0.717) is 12.3 Å². The molecule has 0 saturated heterocycles. The molecule has 1 aromatic carbocycles. The number of hydrogen-bond acceptors (Lipinski definition) is 4. The van der Waals surface area contributed by atoms with E-state index in [4.69, 9.17) is 4.74 Å². The van der Waals surface area contributed by atoms with Crippen molar-refractivity contribution < 1.29 is 19.4 Å². The van der Waals surface area contributed by atoms with Crippen molar-refractivity contribution in [1.29, 1.82) is 0 Å². The molecule has 1 aromatic rings. The summed E-state index contributed by atoms with van der Waals surface area (Å²) in [6.07, 6.45) is 7.17. The predicted octanol–water partition coefficient (Wildman–Crippen LogP) is 3.43. The van der Waals surface area contributed by atoms with Gasteiger partial charge in [-0.1, -0.05) is 26.0 Å². The van der Waals surface area contributed by atoms with Gasteiger partial charge in [-0.25, -0.2) is 0 Å². The summed E-state index contributed by atoms with van der Waals surface area (Å²) in [5, 5.41) is 11.8. The summed E-state index contributed by atoms with van der Waals surface area (Å²) in [6.45, 7) is 4.24. The average molecular weight is 319 g/mol. The number of allylic oxidation sites excluding steroid dienone is 2. The molecule has 2 amide bonds. The lowest BCUT2D eigenvalue weighted by Gasteiger charge is -2.07. The van der Waals surface area contributed by atoms with Crippen LogP contribution in [0.1, 0.15) is 49.9 Å². The van der Waals surface area contributed by atoms with Crippen LogP contribution in [0.15, 0.2) is 30.4 Å². The second-order valence-electron chi connectivity index (χ2n) is 5.68. The van der Waals surface area contributed by atoms with E-state index in [2.05, 4.69) is 31.3 Å². The lowest BCUT2D eigenvalue weighted by molar-refractivity contribution is -0.120. The normalized spacial score (nSPS) is 11.0. The number of ether oxygens (including phenoxy) is 1. The molecule has 0 aromatic heterocycles. The molecule has 5 nitrogen and oxygen atoms in total. The largest absolute Gasteiger partial charge is 0.504 e. The molecule has 5 heteroatoms. The standard InChI is InChI=1S/C18H25NO4/c1-13(2)8-6-4-5-7-9-17(21)19-18(22)14-10-11-15(20)16(12-14)23-3/h6,8,10-13,20H,4-5,7,9H2,1-3H3,(H,19,21,22)/b8-6+. The van der Waals surface area contributed by atoms with Crippen molar-refractivity contribution in [3.05, 3.63) is 35.9 Å². The fourth-order valence-corrected chi connectivity index (χ4v) is 2.00. The van der Waals surface area contributed by atoms with Gasteiger partial charge in [-0.3, -0.25) is 14.9 Å². The highest BCUT2D eigenvalue weighted by Crippen LogP contribution is 2.26. The first kappa shape index (κ1) is 18.7. The minimum atomic E-state index is -0.493. The summed E-state index contributed by atoms with van der Waals surface area (Å²) in [6, 6.07) is 4.20. The fourth-order valence-electron chi connectivity index (χ4n) is 2.00. The first-order chi connectivity index (χ1) is 10.9. The number of methoxy groups -OCH3 is 1. The zero-order valence-electron chi connectivity index (χ0n) is 14.0. The number of hydrogen-bond donors (Lipinski definition) is 2. The van der Waals surface area contributed by atoms with Crippen molar-refractivity contribution in [2.45, 2.75) is 39.5 Å². The summed E-state index contributed by atoms with van der Waals surface area (Å²) in [5.74, 6) is -0.104. The molecule has 0 aliphatic carbocycles. The third-order valence-electron chi connectivity index (χ3n) is 3.24. The van der Waals surface area contributed by atoms with E-state index in [1.807, 2.05) is 0 Å². The van der Waals surface area contributed by atoms with Gasteiger partial charge in [0.15, 0.2) is 11.5 Å². The smallest absolute Gasteiger partial charge is 0.257 e. The van der Waals surface area contributed by atoms with Gasteiger partial charge in [0.05, 0.1) is 7.11 Å². The Morgan fingerprint density at radius 1 is 1.30 bits per heavy atom. The number of unbranched alkanes of at least 4 members (excludes halogenated alkanes) is 2. The quantitative estimate of drug-likeness (QED) is 0.568. The van der Waals surface area contributed by atoms with Gasteiger partial charge in [-0.2, -0.15) is 0 Å². The molecule has 0 heterocycles. The minimum absolute atomic E-state index is 0.0511. The molecule has 0 atom stereocenters. The Bertz CT molecular complexity index is 564. The number of nitrogens with one attached hydrogen (secondary N) is 1. The lowest BCUT2D eigenvalue weighted by atomic mass is 10.1. The van der Waals surface area contributed by atoms with E-state index in [-0.39, 0.29) is 23.0 Å². The Kier molecular flexibility index (Phi) is 7.88. The number of aromatic hydroxyl groups is 1. The summed E-state index contributed by atoms with van der Waals surface area (Å²) >= 11 is 0. The van der Waals surface area contributed by atoms with Gasteiger partial charge >= 0.3 is 0 Å². The number of carbonyl (C=O) groups excluding carboxylic acids is 2. The number of imide groups is 1. The van der Waals surface area contributed by atoms with E-state index in [0.717, 1.165) is 19.3 Å². The summed E-state index contributed by atoms with van der Waals surface area (Å²) in [4.78, 5) is 23.7. The number of benzene rings is 1. The second kappa shape index (κ2) is 9.66. The average Bonchev–Trinajstić information content (AvgIpc) is 2.50. The Morgan fingerprint density at radius 3 is 2.70 bits per heavy atom. The number of phenolic OH excluding ortho intramolecular Hbond substituents is 1. The van der Waals surface area contributed by atoms with Gasteiger partial charge in [0.25, 0.3) is 5.91 Å². The van der Waals surface area contributed by atoms with Crippen molar-refractivity contribution in [2.75, 3.05) is 7.11 Å². The van der Waals surface area contributed by atoms with E-state index in [9.17, 15) is 14.7 Å². The van der Waals surface area contributed by atoms with Crippen LogP contribution in [0.4, 0.5) is 0 Å². The molecule has 0 aliphatic rings. The molecule has 0 unspecified atom stereocenters. The molecule has 0 fully saturated rings. The summed E-state index contributed by atoms with van der Waals surface area (Å²) < 4.78 is 4.94. The first-order valence-electron chi connectivity index (χ1n) is 7.82. The van der Waals surface area contributed by atoms with Crippen LogP contribution < -0.4 is 10.1 Å². The maximum atomic E-state index is 12.0. The van der Waals surface area contributed by atoms with Gasteiger partial charge in [0, 0.05) is 12.0 Å². The van der Waals surface area contributed by atoms with Gasteiger partial charge in [-0.15, -0.1) is 0 Å². The van der Waals surface area contributed by atoms with E-state index in [1.54, 1.807) is 0 Å². The maximum absolute atomic E-state index is 12.0. The number of carbonyl (C=O) groups is 2. The van der Waals surface area contributed by atoms with Crippen molar-refractivity contribution in [1.82, 2.24) is 5.32 Å². The van der Waals surface area contributed by atoms with Crippen LogP contribution in [0.25, 0.3) is 0 Å². The predicted molar refractivity (Wildman–Crippen MR) is 89.6 cm³/mol. The molecular formula is C18H25NO4. The van der Waals surface area contributed by atoms with Gasteiger partial charge in [-0.05, 0) is 43.4 Å². The minimum Gasteiger partial charge on any atom is -0.504 e. The van der Waals surface area contributed by atoms with Crippen molar-refractivity contribution in [2.24, 2.45) is 5.92 Å².